The molecule has 0 bridgehead atoms. The Kier molecular flexibility index (Phi) is 5.02. The maximum absolute atomic E-state index is 6.05. The molecule has 1 rings (SSSR count). The predicted molar refractivity (Wildman–Crippen MR) is 69.8 cm³/mol. The Morgan fingerprint density at radius 1 is 1.36 bits per heavy atom. The van der Waals surface area contributed by atoms with Crippen LogP contribution in [0, 0.1) is 0 Å². The Morgan fingerprint density at radius 2 is 2.00 bits per heavy atom. The molecule has 1 nitrogen and oxygen atoms in total. The largest absolute Gasteiger partial charge is 0.280 e. The van der Waals surface area contributed by atoms with Crippen molar-refractivity contribution < 1.29 is 0 Å². The fourth-order valence-electron chi connectivity index (χ4n) is 0.944. The molecule has 0 heterocycles. The van der Waals surface area contributed by atoms with Crippen LogP contribution in [0.5, 0.6) is 0 Å². The number of halogens is 2. The van der Waals surface area contributed by atoms with Gasteiger partial charge in [0.25, 0.3) is 0 Å². The first-order valence-corrected chi connectivity index (χ1v) is 7.47. The number of hydrogen-bond acceptors (Lipinski definition) is 2. The first-order valence-electron chi connectivity index (χ1n) is 4.08. The Hall–Kier alpha value is 0.540. The summed E-state index contributed by atoms with van der Waals surface area (Å²) in [6.07, 6.45) is 0.876. The van der Waals surface area contributed by atoms with E-state index in [0.717, 1.165) is 16.7 Å². The van der Waals surface area contributed by atoms with Gasteiger partial charge in [-0.3, -0.25) is 4.67 Å². The third kappa shape index (κ3) is 3.60. The third-order valence-corrected chi connectivity index (χ3v) is 5.42. The average Bonchev–Trinajstić information content (AvgIpc) is 2.09. The lowest BCUT2D eigenvalue weighted by molar-refractivity contribution is 0.686. The van der Waals surface area contributed by atoms with E-state index in [0.29, 0.717) is 5.02 Å². The summed E-state index contributed by atoms with van der Waals surface area (Å²) in [7, 11) is 3.59. The van der Waals surface area contributed by atoms with Crippen LogP contribution in [0.1, 0.15) is 5.56 Å². The fraction of sp³-hybridized carbons (Fsp3) is 0.333. The molecule has 0 N–H and O–H groups in total. The molecule has 0 saturated heterocycles. The number of thiol groups is 1. The summed E-state index contributed by atoms with van der Waals surface area (Å²) in [6.45, 7) is 0. The van der Waals surface area contributed by atoms with Crippen molar-refractivity contribution >= 4 is 42.7 Å². The molecule has 0 aliphatic carbocycles. The zero-order valence-electron chi connectivity index (χ0n) is 8.04. The summed E-state index contributed by atoms with van der Waals surface area (Å²) in [5.41, 5.74) is 1.10. The molecule has 0 aliphatic rings. The Labute approximate surface area is 101 Å². The third-order valence-electron chi connectivity index (χ3n) is 1.79. The van der Waals surface area contributed by atoms with E-state index in [2.05, 4.69) is 16.9 Å². The van der Waals surface area contributed by atoms with Crippen molar-refractivity contribution in [2.45, 2.75) is 6.16 Å². The van der Waals surface area contributed by atoms with E-state index in [9.17, 15) is 0 Å². The normalized spacial score (nSPS) is 13.3. The minimum absolute atomic E-state index is 0.441. The maximum Gasteiger partial charge on any atom is 0.0457 e. The molecular weight excluding hydrogens is 256 g/mol. The second-order valence-electron chi connectivity index (χ2n) is 3.11. The zero-order valence-corrected chi connectivity index (χ0v) is 11.3. The number of rotatable bonds is 3. The SMILES string of the molecule is CN(C)P(S)Cc1ccc(Cl)cc1Cl. The van der Waals surface area contributed by atoms with Crippen molar-refractivity contribution in [3.05, 3.63) is 33.8 Å². The standard InChI is InChI=1S/C9H12Cl2NPS/c1-12(2)13(14)6-7-3-4-8(10)5-9(7)11/h3-5,14H,6H2,1-2H3. The second kappa shape index (κ2) is 5.58. The lowest BCUT2D eigenvalue weighted by Gasteiger charge is -2.19. The monoisotopic (exact) mass is 267 g/mol. The average molecular weight is 268 g/mol. The van der Waals surface area contributed by atoms with Crippen molar-refractivity contribution in [1.29, 1.82) is 0 Å². The molecular formula is C9H12Cl2NPS. The minimum Gasteiger partial charge on any atom is -0.280 e. The summed E-state index contributed by atoms with van der Waals surface area (Å²) in [5.74, 6) is 0. The maximum atomic E-state index is 6.05. The Morgan fingerprint density at radius 3 is 2.50 bits per heavy atom. The van der Waals surface area contributed by atoms with Crippen molar-refractivity contribution in [3.8, 4) is 0 Å². The van der Waals surface area contributed by atoms with Crippen LogP contribution in [0.25, 0.3) is 0 Å². The fourth-order valence-corrected chi connectivity index (χ4v) is 2.83. The van der Waals surface area contributed by atoms with Gasteiger partial charge in [-0.25, -0.2) is 0 Å². The van der Waals surface area contributed by atoms with Crippen molar-refractivity contribution in [2.75, 3.05) is 14.1 Å². The molecule has 78 valence electrons. The molecule has 0 aliphatic heterocycles. The van der Waals surface area contributed by atoms with E-state index in [1.54, 1.807) is 6.07 Å². The lowest BCUT2D eigenvalue weighted by Crippen LogP contribution is -2.02. The van der Waals surface area contributed by atoms with Gasteiger partial charge in [-0.2, -0.15) is 0 Å². The van der Waals surface area contributed by atoms with Crippen molar-refractivity contribution in [2.24, 2.45) is 0 Å². The lowest BCUT2D eigenvalue weighted by atomic mass is 10.2. The van der Waals surface area contributed by atoms with Gasteiger partial charge in [-0.1, -0.05) is 29.3 Å². The summed E-state index contributed by atoms with van der Waals surface area (Å²) in [5, 5.41) is 1.40. The van der Waals surface area contributed by atoms with Crippen LogP contribution in [0.4, 0.5) is 0 Å². The molecule has 1 atom stereocenters. The van der Waals surface area contributed by atoms with Crippen LogP contribution in [0.3, 0.4) is 0 Å². The predicted octanol–water partition coefficient (Wildman–Crippen LogP) is 4.30. The van der Waals surface area contributed by atoms with Gasteiger partial charge in [0.2, 0.25) is 0 Å². The first kappa shape index (κ1) is 12.6. The molecule has 0 radical (unpaired) electrons. The number of benzene rings is 1. The van der Waals surface area contributed by atoms with E-state index in [4.69, 9.17) is 23.2 Å². The summed E-state index contributed by atoms with van der Waals surface area (Å²) in [6, 6.07) is 5.58. The van der Waals surface area contributed by atoms with Crippen LogP contribution in [0.15, 0.2) is 18.2 Å². The number of hydrogen-bond donors (Lipinski definition) is 1. The highest BCUT2D eigenvalue weighted by Crippen LogP contribution is 2.47. The van der Waals surface area contributed by atoms with Gasteiger partial charge in [0, 0.05) is 23.5 Å². The highest BCUT2D eigenvalue weighted by atomic mass is 35.5. The molecule has 1 unspecified atom stereocenters. The van der Waals surface area contributed by atoms with E-state index in [1.165, 1.54) is 0 Å². The Balaban J connectivity index is 2.77. The molecule has 5 heteroatoms. The summed E-state index contributed by atoms with van der Waals surface area (Å²) in [4.78, 5) is 0. The van der Waals surface area contributed by atoms with E-state index >= 15 is 0 Å². The van der Waals surface area contributed by atoms with Gasteiger partial charge in [0.1, 0.15) is 0 Å². The van der Waals surface area contributed by atoms with Gasteiger partial charge in [-0.05, 0) is 31.8 Å². The van der Waals surface area contributed by atoms with Crippen LogP contribution in [0.2, 0.25) is 10.0 Å². The molecule has 0 saturated carbocycles. The molecule has 14 heavy (non-hydrogen) atoms. The molecule has 1 aromatic rings. The van der Waals surface area contributed by atoms with Gasteiger partial charge >= 0.3 is 0 Å². The summed E-state index contributed by atoms with van der Waals surface area (Å²) < 4.78 is 2.10. The van der Waals surface area contributed by atoms with E-state index in [-0.39, 0.29) is 0 Å². The topological polar surface area (TPSA) is 3.24 Å². The van der Waals surface area contributed by atoms with E-state index < -0.39 is 7.27 Å². The van der Waals surface area contributed by atoms with Gasteiger partial charge in [0.05, 0.1) is 0 Å². The van der Waals surface area contributed by atoms with E-state index in [1.807, 2.05) is 26.2 Å². The molecule has 0 spiro atoms. The second-order valence-corrected chi connectivity index (χ2v) is 7.20. The van der Waals surface area contributed by atoms with Gasteiger partial charge in [-0.15, -0.1) is 12.2 Å². The molecule has 0 amide bonds. The van der Waals surface area contributed by atoms with Crippen molar-refractivity contribution in [3.63, 3.8) is 0 Å². The molecule has 1 aromatic carbocycles. The van der Waals surface area contributed by atoms with Crippen LogP contribution >= 0.6 is 42.7 Å². The molecule has 0 fully saturated rings. The van der Waals surface area contributed by atoms with Crippen LogP contribution < -0.4 is 0 Å². The molecule has 0 aromatic heterocycles. The van der Waals surface area contributed by atoms with Gasteiger partial charge < -0.3 is 0 Å². The highest BCUT2D eigenvalue weighted by molar-refractivity contribution is 8.44. The number of nitrogens with zero attached hydrogens (tertiary/aromatic N) is 1. The quantitative estimate of drug-likeness (QED) is 0.632. The minimum atomic E-state index is -0.441. The smallest absolute Gasteiger partial charge is 0.0457 e. The Bertz CT molecular complexity index is 320. The summed E-state index contributed by atoms with van der Waals surface area (Å²) >= 11 is 16.4. The first-order chi connectivity index (χ1) is 6.50. The van der Waals surface area contributed by atoms with Gasteiger partial charge in [0.15, 0.2) is 0 Å². The van der Waals surface area contributed by atoms with Crippen LogP contribution in [-0.2, 0) is 6.16 Å². The zero-order chi connectivity index (χ0) is 10.7. The highest BCUT2D eigenvalue weighted by Gasteiger charge is 2.09. The van der Waals surface area contributed by atoms with Crippen LogP contribution in [-0.4, -0.2) is 18.8 Å². The van der Waals surface area contributed by atoms with Crippen molar-refractivity contribution in [1.82, 2.24) is 4.67 Å².